The maximum atomic E-state index is 9.82. The van der Waals surface area contributed by atoms with Crippen molar-refractivity contribution in [2.75, 3.05) is 6.61 Å². The minimum atomic E-state index is -0.211. The van der Waals surface area contributed by atoms with Crippen LogP contribution in [0.4, 0.5) is 0 Å². The molecular weight excluding hydrogens is 301 g/mol. The van der Waals surface area contributed by atoms with E-state index >= 15 is 0 Å². The lowest BCUT2D eigenvalue weighted by Gasteiger charge is -1.98. The van der Waals surface area contributed by atoms with Crippen LogP contribution in [-0.2, 0) is 9.53 Å². The Kier molecular flexibility index (Phi) is 6.55. The Labute approximate surface area is 127 Å². The van der Waals surface area contributed by atoms with Crippen LogP contribution in [0, 0.1) is 6.92 Å². The highest BCUT2D eigenvalue weighted by Crippen LogP contribution is 2.33. The zero-order chi connectivity index (χ0) is 15.1. The summed E-state index contributed by atoms with van der Waals surface area (Å²) in [7, 11) is 0. The quantitative estimate of drug-likeness (QED) is 0.764. The second-order valence-electron chi connectivity index (χ2n) is 3.81. The molecule has 0 fully saturated rings. The Bertz CT molecular complexity index is 582. The first-order valence-corrected chi connectivity index (χ1v) is 6.73. The highest BCUT2D eigenvalue weighted by Gasteiger charge is 2.14. The molecule has 0 radical (unpaired) electrons. The molecule has 2 rings (SSSR count). The van der Waals surface area contributed by atoms with Crippen LogP contribution >= 0.6 is 23.2 Å². The summed E-state index contributed by atoms with van der Waals surface area (Å²) in [5, 5.41) is 4.98. The molecule has 0 N–H and O–H groups in total. The van der Waals surface area contributed by atoms with Gasteiger partial charge in [0.15, 0.2) is 5.76 Å². The third-order valence-electron chi connectivity index (χ3n) is 2.27. The van der Waals surface area contributed by atoms with Gasteiger partial charge in [0.05, 0.1) is 11.6 Å². The van der Waals surface area contributed by atoms with E-state index in [4.69, 9.17) is 27.7 Å². The number of carbonyl (C=O) groups excluding carboxylic acids is 1. The molecule has 108 valence electrons. The predicted octanol–water partition coefficient (Wildman–Crippen LogP) is 4.53. The fourth-order valence-electron chi connectivity index (χ4n) is 1.38. The van der Waals surface area contributed by atoms with Gasteiger partial charge < -0.3 is 9.26 Å². The number of hydrogen-bond donors (Lipinski definition) is 0. The molecule has 1 aromatic carbocycles. The van der Waals surface area contributed by atoms with Gasteiger partial charge in [0.1, 0.15) is 10.7 Å². The molecule has 0 amide bonds. The second kappa shape index (κ2) is 7.92. The highest BCUT2D eigenvalue weighted by atomic mass is 35.5. The van der Waals surface area contributed by atoms with Gasteiger partial charge in [-0.05, 0) is 19.9 Å². The van der Waals surface area contributed by atoms with Crippen LogP contribution in [0.5, 0.6) is 0 Å². The van der Waals surface area contributed by atoms with E-state index in [1.54, 1.807) is 19.9 Å². The van der Waals surface area contributed by atoms with E-state index in [0.29, 0.717) is 28.1 Å². The molecule has 0 aliphatic carbocycles. The fraction of sp³-hybridized carbons (Fsp3) is 0.286. The first-order chi connectivity index (χ1) is 9.47. The second-order valence-corrected chi connectivity index (χ2v) is 4.59. The van der Waals surface area contributed by atoms with Crippen molar-refractivity contribution in [2.24, 2.45) is 0 Å². The number of aryl methyl sites for hydroxylation is 1. The van der Waals surface area contributed by atoms with E-state index in [9.17, 15) is 4.79 Å². The van der Waals surface area contributed by atoms with E-state index in [1.807, 2.05) is 18.2 Å². The van der Waals surface area contributed by atoms with Crippen molar-refractivity contribution in [1.29, 1.82) is 0 Å². The zero-order valence-electron chi connectivity index (χ0n) is 11.4. The maximum Gasteiger partial charge on any atom is 0.302 e. The Hall–Kier alpha value is -1.52. The van der Waals surface area contributed by atoms with E-state index < -0.39 is 0 Å². The summed E-state index contributed by atoms with van der Waals surface area (Å²) < 4.78 is 9.37. The molecule has 1 aromatic heterocycles. The molecular formula is C14H15Cl2NO3. The molecule has 0 unspecified atom stereocenters. The normalized spacial score (nSPS) is 9.65. The molecule has 20 heavy (non-hydrogen) atoms. The standard InChI is InChI=1S/C10H7Cl2NO.C4H8O2/c1-6-9(12)10(13-14-6)7-4-2-3-5-8(7)11;1-3-6-4(2)5/h2-5H,1H3;3H2,1-2H3. The van der Waals surface area contributed by atoms with Crippen molar-refractivity contribution in [3.05, 3.63) is 40.1 Å². The van der Waals surface area contributed by atoms with Crippen molar-refractivity contribution in [2.45, 2.75) is 20.8 Å². The summed E-state index contributed by atoms with van der Waals surface area (Å²) in [6.07, 6.45) is 0. The predicted molar refractivity (Wildman–Crippen MR) is 79.0 cm³/mol. The molecule has 0 bridgehead atoms. The van der Waals surface area contributed by atoms with Crippen molar-refractivity contribution in [1.82, 2.24) is 5.16 Å². The highest BCUT2D eigenvalue weighted by molar-refractivity contribution is 6.36. The number of nitrogens with zero attached hydrogens (tertiary/aromatic N) is 1. The molecule has 0 atom stereocenters. The number of rotatable bonds is 2. The van der Waals surface area contributed by atoms with Crippen LogP contribution in [0.15, 0.2) is 28.8 Å². The lowest BCUT2D eigenvalue weighted by molar-refractivity contribution is -0.140. The van der Waals surface area contributed by atoms with Gasteiger partial charge in [0, 0.05) is 12.5 Å². The van der Waals surface area contributed by atoms with Crippen molar-refractivity contribution >= 4 is 29.2 Å². The molecule has 0 spiro atoms. The SMILES string of the molecule is CCOC(C)=O.Cc1onc(-c2ccccc2Cl)c1Cl. The van der Waals surface area contributed by atoms with E-state index in [0.717, 1.165) is 5.56 Å². The third kappa shape index (κ3) is 4.54. The summed E-state index contributed by atoms with van der Waals surface area (Å²) >= 11 is 12.0. The lowest BCUT2D eigenvalue weighted by Crippen LogP contribution is -1.95. The Morgan fingerprint density at radius 1 is 1.35 bits per heavy atom. The Balaban J connectivity index is 0.000000286. The Morgan fingerprint density at radius 2 is 2.00 bits per heavy atom. The summed E-state index contributed by atoms with van der Waals surface area (Å²) in [6.45, 7) is 5.41. The number of benzene rings is 1. The first kappa shape index (κ1) is 16.5. The van der Waals surface area contributed by atoms with Crippen LogP contribution in [0.2, 0.25) is 10.0 Å². The average molecular weight is 316 g/mol. The summed E-state index contributed by atoms with van der Waals surface area (Å²) in [6, 6.07) is 7.37. The molecule has 4 nitrogen and oxygen atoms in total. The largest absolute Gasteiger partial charge is 0.466 e. The first-order valence-electron chi connectivity index (χ1n) is 5.97. The number of ether oxygens (including phenoxy) is 1. The number of esters is 1. The topological polar surface area (TPSA) is 52.3 Å². The monoisotopic (exact) mass is 315 g/mol. The number of carbonyl (C=O) groups is 1. The minimum absolute atomic E-state index is 0.211. The van der Waals surface area contributed by atoms with Gasteiger partial charge in [0.25, 0.3) is 0 Å². The minimum Gasteiger partial charge on any atom is -0.466 e. The molecule has 6 heteroatoms. The number of hydrogen-bond acceptors (Lipinski definition) is 4. The Morgan fingerprint density at radius 3 is 2.40 bits per heavy atom. The van der Waals surface area contributed by atoms with Crippen molar-refractivity contribution < 1.29 is 14.1 Å². The van der Waals surface area contributed by atoms with Gasteiger partial charge in [-0.15, -0.1) is 0 Å². The van der Waals surface area contributed by atoms with Gasteiger partial charge in [0.2, 0.25) is 0 Å². The van der Waals surface area contributed by atoms with Crippen LogP contribution < -0.4 is 0 Å². The van der Waals surface area contributed by atoms with E-state index in [2.05, 4.69) is 9.89 Å². The number of aromatic nitrogens is 1. The van der Waals surface area contributed by atoms with Gasteiger partial charge in [-0.3, -0.25) is 4.79 Å². The van der Waals surface area contributed by atoms with E-state index in [1.165, 1.54) is 6.92 Å². The molecule has 0 aliphatic heterocycles. The summed E-state index contributed by atoms with van der Waals surface area (Å²) in [5.41, 5.74) is 1.38. The van der Waals surface area contributed by atoms with Gasteiger partial charge in [-0.25, -0.2) is 0 Å². The molecule has 0 saturated heterocycles. The molecule has 0 aliphatic rings. The van der Waals surface area contributed by atoms with Gasteiger partial charge >= 0.3 is 5.97 Å². The molecule has 1 heterocycles. The fourth-order valence-corrected chi connectivity index (χ4v) is 1.78. The maximum absolute atomic E-state index is 9.82. The van der Waals surface area contributed by atoms with Gasteiger partial charge in [-0.1, -0.05) is 46.6 Å². The van der Waals surface area contributed by atoms with Crippen LogP contribution in [0.3, 0.4) is 0 Å². The van der Waals surface area contributed by atoms with E-state index in [-0.39, 0.29) is 5.97 Å². The summed E-state index contributed by atoms with van der Waals surface area (Å²) in [4.78, 5) is 9.82. The third-order valence-corrected chi connectivity index (χ3v) is 3.04. The van der Waals surface area contributed by atoms with Crippen LogP contribution in [0.1, 0.15) is 19.6 Å². The molecule has 2 aromatic rings. The van der Waals surface area contributed by atoms with Crippen molar-refractivity contribution in [3.63, 3.8) is 0 Å². The number of halogens is 2. The van der Waals surface area contributed by atoms with Gasteiger partial charge in [-0.2, -0.15) is 0 Å². The smallest absolute Gasteiger partial charge is 0.302 e. The van der Waals surface area contributed by atoms with Crippen molar-refractivity contribution in [3.8, 4) is 11.3 Å². The average Bonchev–Trinajstić information content (AvgIpc) is 2.71. The van der Waals surface area contributed by atoms with Crippen LogP contribution in [0.25, 0.3) is 11.3 Å². The summed E-state index contributed by atoms with van der Waals surface area (Å²) in [5.74, 6) is 0.388. The molecule has 0 saturated carbocycles. The zero-order valence-corrected chi connectivity index (χ0v) is 13.0. The lowest BCUT2D eigenvalue weighted by atomic mass is 10.1. The van der Waals surface area contributed by atoms with Crippen LogP contribution in [-0.4, -0.2) is 17.7 Å².